The number of rotatable bonds is 19. The molecule has 23 heteroatoms. The van der Waals surface area contributed by atoms with Gasteiger partial charge in [0.25, 0.3) is 0 Å². The highest BCUT2D eigenvalue weighted by molar-refractivity contribution is 6.31. The van der Waals surface area contributed by atoms with Crippen LogP contribution in [0, 0.1) is 0 Å². The van der Waals surface area contributed by atoms with Crippen molar-refractivity contribution in [2.75, 3.05) is 20.3 Å². The summed E-state index contributed by atoms with van der Waals surface area (Å²) in [6.45, 7) is 1.08. The van der Waals surface area contributed by atoms with Gasteiger partial charge in [-0.2, -0.15) is 0 Å². The number of nitrogens with one attached hydrogen (secondary N) is 3. The minimum Gasteiger partial charge on any atom is -0.507 e. The number of carboxylic acids is 2. The summed E-state index contributed by atoms with van der Waals surface area (Å²) in [6, 6.07) is 0.668. The SMILES string of the molecule is COc1cccc2c1C(=O)c1c(O)c3c(c(O)c1C2=O)C[C@@](O)(C(=O)COC(=O)CCCC(=O)N[C@@H](CCC(=O)N[C@@H](C)C(=O)NCC(=O)O)C(=O)O)C[C@@H]3O[C@H]1C[C@H](N)[C@H](O)[C@H](C)O1. The van der Waals surface area contributed by atoms with Gasteiger partial charge in [0.05, 0.1) is 42.1 Å². The molecule has 1 heterocycles. The minimum absolute atomic E-state index is 0.0193. The fraction of sp³-hybridized carbons (Fsp3) is 0.500. The molecule has 0 spiro atoms. The zero-order chi connectivity index (χ0) is 48.1. The Bertz CT molecular complexity index is 2270. The Morgan fingerprint density at radius 3 is 2.28 bits per heavy atom. The van der Waals surface area contributed by atoms with E-state index in [1.807, 2.05) is 0 Å². The average Bonchev–Trinajstić information content (AvgIpc) is 3.24. The van der Waals surface area contributed by atoms with E-state index in [9.17, 15) is 68.7 Å². The van der Waals surface area contributed by atoms with Crippen molar-refractivity contribution in [1.82, 2.24) is 16.0 Å². The number of esters is 1. The molecule has 1 fully saturated rings. The molecule has 2 aliphatic carbocycles. The van der Waals surface area contributed by atoms with Crippen LogP contribution in [0.25, 0.3) is 0 Å². The maximum atomic E-state index is 14.0. The van der Waals surface area contributed by atoms with Gasteiger partial charge in [-0.3, -0.25) is 38.4 Å². The number of methoxy groups -OCH3 is 1. The molecule has 0 bridgehead atoms. The van der Waals surface area contributed by atoms with Crippen molar-refractivity contribution >= 4 is 53.0 Å². The first-order chi connectivity index (χ1) is 30.6. The molecule has 3 amide bonds. The summed E-state index contributed by atoms with van der Waals surface area (Å²) in [5, 5.41) is 70.5. The second kappa shape index (κ2) is 20.5. The van der Waals surface area contributed by atoms with Crippen LogP contribution in [0.1, 0.15) is 108 Å². The van der Waals surface area contributed by atoms with Gasteiger partial charge in [0.1, 0.15) is 41.5 Å². The molecule has 2 aromatic carbocycles. The molecule has 65 heavy (non-hydrogen) atoms. The standard InChI is InChI=1S/C42H50N4O19/c1-17(40(58)44-15-28(50)51)45-27(49)11-10-22(41(59)60)46-26(48)8-5-9-29(52)63-16-25(47)42(61)13-20-32(24(14-42)65-30-12-21(43)35(53)18(2)64-30)39(57)34-33(37(20)55)36(54)19-6-4-7-23(62-3)31(19)38(34)56/h4,6-7,17-18,21-22,24,30,35,53,55,57,61H,5,8-16,43H2,1-3H3,(H,44,58)(H,45,49)(H,46,48)(H,50,51)(H,59,60)/t17-,18-,21-,22-,24-,30-,35+,42-/m0/s1. The number of Topliss-reactive ketones (excluding diaryl/α,β-unsaturated/α-hetero) is 1. The summed E-state index contributed by atoms with van der Waals surface area (Å²) in [5.41, 5.74) is 1.52. The number of hydrogen-bond acceptors (Lipinski definition) is 18. The number of aromatic hydroxyl groups is 2. The predicted octanol–water partition coefficient (Wildman–Crippen LogP) is -1.22. The van der Waals surface area contributed by atoms with Gasteiger partial charge in [-0.1, -0.05) is 12.1 Å². The third kappa shape index (κ3) is 11.1. The van der Waals surface area contributed by atoms with E-state index in [4.69, 9.17) is 29.8 Å². The number of carbonyl (C=O) groups is 9. The second-order valence-electron chi connectivity index (χ2n) is 15.9. The average molecular weight is 915 g/mol. The van der Waals surface area contributed by atoms with Crippen molar-refractivity contribution in [2.45, 2.75) is 114 Å². The van der Waals surface area contributed by atoms with Crippen molar-refractivity contribution < 1.29 is 92.7 Å². The normalized spacial score (nSPS) is 23.1. The molecule has 0 aromatic heterocycles. The lowest BCUT2D eigenvalue weighted by atomic mass is 9.72. The number of aliphatic hydroxyl groups is 2. The number of phenols is 2. The molecular weight excluding hydrogens is 864 g/mol. The van der Waals surface area contributed by atoms with E-state index in [2.05, 4.69) is 16.0 Å². The predicted molar refractivity (Wildman–Crippen MR) is 217 cm³/mol. The summed E-state index contributed by atoms with van der Waals surface area (Å²) < 4.78 is 22.3. The molecule has 0 radical (unpaired) electrons. The van der Waals surface area contributed by atoms with Crippen LogP contribution in [0.15, 0.2) is 18.2 Å². The highest BCUT2D eigenvalue weighted by Gasteiger charge is 2.50. The van der Waals surface area contributed by atoms with Gasteiger partial charge in [-0.25, -0.2) is 4.79 Å². The first-order valence-electron chi connectivity index (χ1n) is 20.4. The van der Waals surface area contributed by atoms with Crippen LogP contribution in [0.2, 0.25) is 0 Å². The molecule has 0 saturated carbocycles. The number of fused-ring (bicyclic) bond motifs is 3. The molecule has 1 saturated heterocycles. The lowest BCUT2D eigenvalue weighted by molar-refractivity contribution is -0.247. The molecule has 352 valence electrons. The fourth-order valence-electron chi connectivity index (χ4n) is 7.84. The van der Waals surface area contributed by atoms with Gasteiger partial charge in [-0.05, 0) is 32.8 Å². The van der Waals surface area contributed by atoms with Gasteiger partial charge in [0.15, 0.2) is 18.7 Å². The molecule has 0 unspecified atom stereocenters. The fourth-order valence-corrected chi connectivity index (χ4v) is 7.84. The van der Waals surface area contributed by atoms with Crippen molar-refractivity contribution in [3.05, 3.63) is 51.6 Å². The number of benzene rings is 2. The lowest BCUT2D eigenvalue weighted by Crippen LogP contribution is -2.53. The van der Waals surface area contributed by atoms with Gasteiger partial charge in [0, 0.05) is 61.3 Å². The van der Waals surface area contributed by atoms with Crippen LogP contribution in [-0.4, -0.2) is 146 Å². The highest BCUT2D eigenvalue weighted by atomic mass is 16.7. The molecule has 23 nitrogen and oxygen atoms in total. The van der Waals surface area contributed by atoms with Crippen LogP contribution in [-0.2, 0) is 54.2 Å². The summed E-state index contributed by atoms with van der Waals surface area (Å²) in [5.74, 6) is -10.6. The Morgan fingerprint density at radius 1 is 0.954 bits per heavy atom. The largest absolute Gasteiger partial charge is 0.507 e. The third-order valence-corrected chi connectivity index (χ3v) is 11.3. The highest BCUT2D eigenvalue weighted by Crippen LogP contribution is 2.52. The molecule has 1 aliphatic heterocycles. The molecule has 3 aliphatic rings. The maximum absolute atomic E-state index is 14.0. The monoisotopic (exact) mass is 914 g/mol. The van der Waals surface area contributed by atoms with Crippen molar-refractivity contribution in [2.24, 2.45) is 5.73 Å². The first kappa shape index (κ1) is 49.5. The van der Waals surface area contributed by atoms with E-state index in [0.29, 0.717) is 0 Å². The number of aliphatic hydroxyl groups excluding tert-OH is 1. The first-order valence-corrected chi connectivity index (χ1v) is 20.4. The van der Waals surface area contributed by atoms with Gasteiger partial charge in [0.2, 0.25) is 29.3 Å². The Balaban J connectivity index is 1.24. The Hall–Kier alpha value is -6.53. The van der Waals surface area contributed by atoms with Crippen molar-refractivity contribution in [3.8, 4) is 17.2 Å². The number of phenolic OH excluding ortho intramolecular Hbond substituents is 2. The Kier molecular flexibility index (Phi) is 15.6. The van der Waals surface area contributed by atoms with E-state index < -0.39 is 169 Å². The van der Waals surface area contributed by atoms with E-state index in [-0.39, 0.29) is 47.3 Å². The lowest BCUT2D eigenvalue weighted by Gasteiger charge is -2.42. The number of ketones is 3. The zero-order valence-corrected chi connectivity index (χ0v) is 35.4. The molecule has 8 atom stereocenters. The van der Waals surface area contributed by atoms with E-state index in [0.717, 1.165) is 0 Å². The topological polar surface area (TPSA) is 374 Å². The van der Waals surface area contributed by atoms with Gasteiger partial charge >= 0.3 is 17.9 Å². The zero-order valence-electron chi connectivity index (χ0n) is 35.4. The number of ether oxygens (including phenoxy) is 4. The third-order valence-electron chi connectivity index (χ3n) is 11.3. The molecule has 5 rings (SSSR count). The van der Waals surface area contributed by atoms with E-state index in [1.165, 1.54) is 39.2 Å². The molecule has 11 N–H and O–H groups in total. The van der Waals surface area contributed by atoms with Crippen molar-refractivity contribution in [1.29, 1.82) is 0 Å². The van der Waals surface area contributed by atoms with Crippen LogP contribution in [0.5, 0.6) is 17.2 Å². The number of carboxylic acid groups (broad SMARTS) is 2. The number of aliphatic carboxylic acids is 2. The van der Waals surface area contributed by atoms with Crippen LogP contribution >= 0.6 is 0 Å². The summed E-state index contributed by atoms with van der Waals surface area (Å²) in [4.78, 5) is 113. The van der Waals surface area contributed by atoms with Crippen LogP contribution < -0.4 is 26.4 Å². The summed E-state index contributed by atoms with van der Waals surface area (Å²) >= 11 is 0. The number of hydrogen-bond donors (Lipinski definition) is 10. The summed E-state index contributed by atoms with van der Waals surface area (Å²) in [6.07, 6.45) is -8.08. The smallest absolute Gasteiger partial charge is 0.326 e. The number of amides is 3. The van der Waals surface area contributed by atoms with E-state index in [1.54, 1.807) is 0 Å². The number of carbonyl (C=O) groups excluding carboxylic acids is 7. The molecular formula is C42H50N4O19. The van der Waals surface area contributed by atoms with Crippen molar-refractivity contribution in [3.63, 3.8) is 0 Å². The molecule has 2 aromatic rings. The Labute approximate surface area is 369 Å². The van der Waals surface area contributed by atoms with Gasteiger partial charge < -0.3 is 71.3 Å². The van der Waals surface area contributed by atoms with Crippen LogP contribution in [0.4, 0.5) is 0 Å². The van der Waals surface area contributed by atoms with Crippen LogP contribution in [0.3, 0.4) is 0 Å². The summed E-state index contributed by atoms with van der Waals surface area (Å²) in [7, 11) is 1.27. The maximum Gasteiger partial charge on any atom is 0.326 e. The second-order valence-corrected chi connectivity index (χ2v) is 15.9. The quantitative estimate of drug-likeness (QED) is 0.0497. The number of nitrogens with two attached hydrogens (primary N) is 1. The van der Waals surface area contributed by atoms with Gasteiger partial charge in [-0.15, -0.1) is 0 Å². The minimum atomic E-state index is -2.51. The van der Waals surface area contributed by atoms with E-state index >= 15 is 0 Å². The Morgan fingerprint density at radius 2 is 1.63 bits per heavy atom.